The van der Waals surface area contributed by atoms with Crippen molar-refractivity contribution >= 4 is 29.2 Å². The molecule has 120 valence electrons. The fourth-order valence-electron chi connectivity index (χ4n) is 1.35. The number of nitro groups is 1. The van der Waals surface area contributed by atoms with E-state index in [0.29, 0.717) is 6.07 Å². The van der Waals surface area contributed by atoms with Crippen LogP contribution < -0.4 is 5.32 Å². The highest BCUT2D eigenvalue weighted by atomic mass is 16.6. The van der Waals surface area contributed by atoms with Gasteiger partial charge in [0, 0.05) is 12.1 Å². The van der Waals surface area contributed by atoms with Crippen molar-refractivity contribution in [2.45, 2.75) is 6.92 Å². The van der Waals surface area contributed by atoms with Gasteiger partial charge in [0.25, 0.3) is 5.69 Å². The smallest absolute Gasteiger partial charge is 0.397 e. The van der Waals surface area contributed by atoms with E-state index in [2.05, 4.69) is 4.74 Å². The molecule has 0 aliphatic rings. The number of benzene rings is 1. The Hall–Kier alpha value is -3.21. The second kappa shape index (κ2) is 7.54. The van der Waals surface area contributed by atoms with Gasteiger partial charge in [0.1, 0.15) is 5.56 Å². The van der Waals surface area contributed by atoms with E-state index in [9.17, 15) is 29.6 Å². The Labute approximate surface area is 122 Å². The number of carboxylic acids is 1. The maximum absolute atomic E-state index is 11.4. The van der Waals surface area contributed by atoms with Crippen LogP contribution in [0.3, 0.4) is 0 Å². The zero-order chi connectivity index (χ0) is 16.2. The van der Waals surface area contributed by atoms with Crippen LogP contribution in [0.1, 0.15) is 17.3 Å². The lowest BCUT2D eigenvalue weighted by Crippen LogP contribution is -2.25. The van der Waals surface area contributed by atoms with Crippen molar-refractivity contribution in [2.75, 3.05) is 11.9 Å². The van der Waals surface area contributed by atoms with Gasteiger partial charge in [0.05, 0.1) is 17.2 Å². The summed E-state index contributed by atoms with van der Waals surface area (Å²) in [6.45, 7) is 1.38. The first kappa shape index (κ1) is 18.8. The van der Waals surface area contributed by atoms with Gasteiger partial charge in [0.2, 0.25) is 0 Å². The van der Waals surface area contributed by atoms with Crippen molar-refractivity contribution < 1.29 is 39.7 Å². The summed E-state index contributed by atoms with van der Waals surface area (Å²) in [4.78, 5) is 43.2. The van der Waals surface area contributed by atoms with Crippen molar-refractivity contribution in [1.29, 1.82) is 0 Å². The molecule has 11 heteroatoms. The molecule has 0 heterocycles. The van der Waals surface area contributed by atoms with Gasteiger partial charge in [0.15, 0.2) is 5.75 Å². The van der Waals surface area contributed by atoms with E-state index in [-0.39, 0.29) is 12.1 Å². The number of nitro benzene ring substituents is 1. The zero-order valence-corrected chi connectivity index (χ0v) is 11.2. The van der Waals surface area contributed by atoms with Crippen LogP contribution in [0.5, 0.6) is 5.75 Å². The first-order valence-corrected chi connectivity index (χ1v) is 5.50. The lowest BCUT2D eigenvalue weighted by molar-refractivity contribution is -0.384. The highest BCUT2D eigenvalue weighted by Gasteiger charge is 2.23. The van der Waals surface area contributed by atoms with E-state index >= 15 is 0 Å². The molecule has 1 aromatic carbocycles. The third kappa shape index (κ3) is 4.14. The molecule has 0 unspecified atom stereocenters. The minimum Gasteiger partial charge on any atom is -0.505 e. The van der Waals surface area contributed by atoms with Crippen LogP contribution in [0, 0.1) is 10.1 Å². The van der Waals surface area contributed by atoms with E-state index in [1.807, 2.05) is 5.32 Å². The second-order valence-electron chi connectivity index (χ2n) is 3.63. The Morgan fingerprint density at radius 2 is 1.95 bits per heavy atom. The van der Waals surface area contributed by atoms with Gasteiger partial charge in [-0.25, -0.2) is 9.59 Å². The number of carbonyl (C=O) groups excluding carboxylic acids is 2. The van der Waals surface area contributed by atoms with Gasteiger partial charge >= 0.3 is 17.8 Å². The van der Waals surface area contributed by atoms with E-state index < -0.39 is 45.5 Å². The van der Waals surface area contributed by atoms with Crippen molar-refractivity contribution in [3.8, 4) is 5.75 Å². The summed E-state index contributed by atoms with van der Waals surface area (Å²) in [6, 6.07) is 1.34. The van der Waals surface area contributed by atoms with Gasteiger partial charge in [-0.1, -0.05) is 0 Å². The summed E-state index contributed by atoms with van der Waals surface area (Å²) in [5, 5.41) is 31.0. The van der Waals surface area contributed by atoms with E-state index in [0.717, 1.165) is 6.07 Å². The molecule has 5 N–H and O–H groups in total. The van der Waals surface area contributed by atoms with Crippen LogP contribution in [0.15, 0.2) is 12.1 Å². The van der Waals surface area contributed by atoms with Gasteiger partial charge in [-0.3, -0.25) is 14.9 Å². The molecular formula is C11H12N2O9. The minimum atomic E-state index is -1.64. The number of ether oxygens (including phenoxy) is 1. The monoisotopic (exact) mass is 316 g/mol. The molecule has 1 aromatic rings. The number of anilines is 1. The van der Waals surface area contributed by atoms with Crippen LogP contribution in [-0.2, 0) is 14.3 Å². The summed E-state index contributed by atoms with van der Waals surface area (Å²) in [5.74, 6) is -5.13. The molecule has 0 spiro atoms. The standard InChI is InChI=1S/C11H10N2O8.H2O/c1-2-21-11(18)9(15)12-7-4-5(13(19)20)3-6(8(7)14)10(16)17;/h3-4,14H,2H2,1H3,(H,12,15)(H,16,17);1H2. The van der Waals surface area contributed by atoms with Gasteiger partial charge in [-0.2, -0.15) is 0 Å². The number of carboxylic acid groups (broad SMARTS) is 1. The summed E-state index contributed by atoms with van der Waals surface area (Å²) >= 11 is 0. The average Bonchev–Trinajstić information content (AvgIpc) is 2.40. The van der Waals surface area contributed by atoms with Gasteiger partial charge < -0.3 is 25.7 Å². The quantitative estimate of drug-likeness (QED) is 0.221. The highest BCUT2D eigenvalue weighted by Crippen LogP contribution is 2.32. The molecule has 22 heavy (non-hydrogen) atoms. The molecule has 0 aliphatic carbocycles. The van der Waals surface area contributed by atoms with Crippen LogP contribution in [0.4, 0.5) is 11.4 Å². The molecular weight excluding hydrogens is 304 g/mol. The maximum atomic E-state index is 11.4. The van der Waals surface area contributed by atoms with E-state index in [1.165, 1.54) is 6.92 Å². The molecule has 0 aliphatic heterocycles. The predicted octanol–water partition coefficient (Wildman–Crippen LogP) is -0.325. The number of rotatable bonds is 4. The third-order valence-corrected chi connectivity index (χ3v) is 2.24. The summed E-state index contributed by atoms with van der Waals surface area (Å²) < 4.78 is 4.39. The Kier molecular flexibility index (Phi) is 6.44. The Morgan fingerprint density at radius 3 is 2.41 bits per heavy atom. The van der Waals surface area contributed by atoms with Gasteiger partial charge in [-0.05, 0) is 6.92 Å². The molecule has 0 aromatic heterocycles. The zero-order valence-electron chi connectivity index (χ0n) is 11.2. The Balaban J connectivity index is 0.00000441. The largest absolute Gasteiger partial charge is 0.505 e. The Morgan fingerprint density at radius 1 is 1.36 bits per heavy atom. The number of hydrogen-bond acceptors (Lipinski definition) is 7. The summed E-state index contributed by atoms with van der Waals surface area (Å²) in [6.07, 6.45) is 0. The fraction of sp³-hybridized carbons (Fsp3) is 0.182. The third-order valence-electron chi connectivity index (χ3n) is 2.24. The number of carbonyl (C=O) groups is 3. The summed E-state index contributed by atoms with van der Waals surface area (Å²) in [7, 11) is 0. The number of hydrogen-bond donors (Lipinski definition) is 3. The topological polar surface area (TPSA) is 188 Å². The van der Waals surface area contributed by atoms with Crippen LogP contribution >= 0.6 is 0 Å². The fourth-order valence-corrected chi connectivity index (χ4v) is 1.35. The number of esters is 1. The minimum absolute atomic E-state index is 0. The molecule has 1 rings (SSSR count). The van der Waals surface area contributed by atoms with Crippen molar-refractivity contribution in [1.82, 2.24) is 0 Å². The SMILES string of the molecule is CCOC(=O)C(=O)Nc1cc([N+](=O)[O-])cc(C(=O)O)c1O.O. The number of non-ortho nitro benzene ring substituents is 1. The van der Waals surface area contributed by atoms with Crippen molar-refractivity contribution in [3.05, 3.63) is 27.8 Å². The predicted molar refractivity (Wildman–Crippen MR) is 70.6 cm³/mol. The van der Waals surface area contributed by atoms with E-state index in [4.69, 9.17) is 5.11 Å². The molecule has 1 amide bonds. The first-order valence-electron chi connectivity index (χ1n) is 5.50. The Bertz CT molecular complexity index is 626. The lowest BCUT2D eigenvalue weighted by atomic mass is 10.1. The summed E-state index contributed by atoms with van der Waals surface area (Å²) in [5.41, 5.74) is -2.05. The molecule has 0 fully saturated rings. The number of nitrogens with one attached hydrogen (secondary N) is 1. The molecule has 0 saturated carbocycles. The lowest BCUT2D eigenvalue weighted by Gasteiger charge is -2.08. The van der Waals surface area contributed by atoms with Crippen LogP contribution in [0.25, 0.3) is 0 Å². The second-order valence-corrected chi connectivity index (χ2v) is 3.63. The first-order chi connectivity index (χ1) is 9.77. The van der Waals surface area contributed by atoms with Gasteiger partial charge in [-0.15, -0.1) is 0 Å². The maximum Gasteiger partial charge on any atom is 0.397 e. The number of amides is 1. The molecule has 11 nitrogen and oxygen atoms in total. The van der Waals surface area contributed by atoms with Crippen LogP contribution in [0.2, 0.25) is 0 Å². The average molecular weight is 316 g/mol. The highest BCUT2D eigenvalue weighted by molar-refractivity contribution is 6.37. The normalized spacial score (nSPS) is 9.32. The molecule has 0 radical (unpaired) electrons. The number of nitrogens with zero attached hydrogens (tertiary/aromatic N) is 1. The number of aromatic carboxylic acids is 1. The molecule has 0 saturated heterocycles. The van der Waals surface area contributed by atoms with Crippen molar-refractivity contribution in [3.63, 3.8) is 0 Å². The van der Waals surface area contributed by atoms with E-state index in [1.54, 1.807) is 0 Å². The number of aromatic hydroxyl groups is 1. The van der Waals surface area contributed by atoms with Crippen LogP contribution in [-0.4, -0.2) is 45.1 Å². The molecule has 0 bridgehead atoms. The molecule has 0 atom stereocenters. The van der Waals surface area contributed by atoms with Crippen molar-refractivity contribution in [2.24, 2.45) is 0 Å². The number of phenols is 1.